The molecule has 0 spiro atoms. The SMILES string of the molecule is CCOC(=O)c1cnn(-c2nc(C)cc(C)n2)c1NC(C)=O. The summed E-state index contributed by atoms with van der Waals surface area (Å²) in [7, 11) is 0. The van der Waals surface area contributed by atoms with Gasteiger partial charge in [0.15, 0.2) is 5.82 Å². The number of hydrogen-bond acceptors (Lipinski definition) is 6. The first kappa shape index (κ1) is 15.6. The van der Waals surface area contributed by atoms with E-state index in [1.165, 1.54) is 17.8 Å². The first-order chi connectivity index (χ1) is 10.4. The summed E-state index contributed by atoms with van der Waals surface area (Å²) in [6, 6.07) is 1.82. The number of rotatable bonds is 4. The summed E-state index contributed by atoms with van der Waals surface area (Å²) in [5, 5.41) is 6.68. The molecule has 0 aliphatic carbocycles. The van der Waals surface area contributed by atoms with E-state index in [1.54, 1.807) is 6.92 Å². The third-order valence-electron chi connectivity index (χ3n) is 2.72. The summed E-state index contributed by atoms with van der Waals surface area (Å²) >= 11 is 0. The number of anilines is 1. The Balaban J connectivity index is 2.55. The van der Waals surface area contributed by atoms with E-state index in [0.29, 0.717) is 0 Å². The van der Waals surface area contributed by atoms with Crippen molar-refractivity contribution in [2.75, 3.05) is 11.9 Å². The number of nitrogens with zero attached hydrogens (tertiary/aromatic N) is 4. The summed E-state index contributed by atoms with van der Waals surface area (Å²) in [6.07, 6.45) is 1.32. The van der Waals surface area contributed by atoms with Crippen LogP contribution in [0.3, 0.4) is 0 Å². The minimum Gasteiger partial charge on any atom is -0.462 e. The van der Waals surface area contributed by atoms with Crippen molar-refractivity contribution in [2.45, 2.75) is 27.7 Å². The maximum atomic E-state index is 12.0. The number of carbonyl (C=O) groups excluding carboxylic acids is 2. The van der Waals surface area contributed by atoms with Crippen molar-refractivity contribution >= 4 is 17.7 Å². The highest BCUT2D eigenvalue weighted by atomic mass is 16.5. The fraction of sp³-hybridized carbons (Fsp3) is 0.357. The Hall–Kier alpha value is -2.77. The zero-order chi connectivity index (χ0) is 16.3. The molecule has 2 rings (SSSR count). The van der Waals surface area contributed by atoms with Crippen LogP contribution in [0.4, 0.5) is 5.82 Å². The van der Waals surface area contributed by atoms with E-state index in [9.17, 15) is 9.59 Å². The topological polar surface area (TPSA) is 99.0 Å². The lowest BCUT2D eigenvalue weighted by Gasteiger charge is -2.09. The van der Waals surface area contributed by atoms with Crippen molar-refractivity contribution in [3.05, 3.63) is 29.2 Å². The minimum absolute atomic E-state index is 0.153. The largest absolute Gasteiger partial charge is 0.462 e. The van der Waals surface area contributed by atoms with Crippen molar-refractivity contribution in [3.8, 4) is 5.95 Å². The predicted molar refractivity (Wildman–Crippen MR) is 78.9 cm³/mol. The van der Waals surface area contributed by atoms with Crippen molar-refractivity contribution in [1.29, 1.82) is 0 Å². The van der Waals surface area contributed by atoms with E-state index in [-0.39, 0.29) is 29.8 Å². The second-order valence-corrected chi connectivity index (χ2v) is 4.67. The van der Waals surface area contributed by atoms with Crippen LogP contribution in [0.1, 0.15) is 35.6 Å². The summed E-state index contributed by atoms with van der Waals surface area (Å²) in [4.78, 5) is 31.9. The van der Waals surface area contributed by atoms with Crippen molar-refractivity contribution in [1.82, 2.24) is 19.7 Å². The first-order valence-electron chi connectivity index (χ1n) is 6.77. The molecule has 2 aromatic rings. The average Bonchev–Trinajstić information content (AvgIpc) is 2.80. The average molecular weight is 303 g/mol. The second-order valence-electron chi connectivity index (χ2n) is 4.67. The van der Waals surface area contributed by atoms with Crippen LogP contribution >= 0.6 is 0 Å². The van der Waals surface area contributed by atoms with Gasteiger partial charge in [0.05, 0.1) is 12.8 Å². The number of carbonyl (C=O) groups is 2. The van der Waals surface area contributed by atoms with Gasteiger partial charge in [0.25, 0.3) is 5.95 Å². The van der Waals surface area contributed by atoms with Crippen molar-refractivity contribution in [3.63, 3.8) is 0 Å². The number of esters is 1. The van der Waals surface area contributed by atoms with Gasteiger partial charge in [-0.25, -0.2) is 14.8 Å². The van der Waals surface area contributed by atoms with Gasteiger partial charge in [-0.3, -0.25) is 4.79 Å². The Labute approximate surface area is 127 Å². The molecule has 2 aromatic heterocycles. The molecule has 0 aliphatic rings. The first-order valence-corrected chi connectivity index (χ1v) is 6.77. The van der Waals surface area contributed by atoms with Crippen LogP contribution in [0.5, 0.6) is 0 Å². The summed E-state index contributed by atoms with van der Waals surface area (Å²) < 4.78 is 6.28. The smallest absolute Gasteiger partial charge is 0.343 e. The van der Waals surface area contributed by atoms with Gasteiger partial charge in [-0.05, 0) is 26.8 Å². The van der Waals surface area contributed by atoms with Crippen molar-refractivity contribution in [2.24, 2.45) is 0 Å². The van der Waals surface area contributed by atoms with E-state index >= 15 is 0 Å². The van der Waals surface area contributed by atoms with Crippen LogP contribution in [-0.2, 0) is 9.53 Å². The molecule has 0 unspecified atom stereocenters. The lowest BCUT2D eigenvalue weighted by molar-refractivity contribution is -0.114. The minimum atomic E-state index is -0.568. The zero-order valence-electron chi connectivity index (χ0n) is 12.9. The lowest BCUT2D eigenvalue weighted by Crippen LogP contribution is -2.16. The molecule has 1 amide bonds. The van der Waals surface area contributed by atoms with E-state index < -0.39 is 5.97 Å². The standard InChI is InChI=1S/C14H17N5O3/c1-5-22-13(21)11-7-15-19(12(11)18-10(4)20)14-16-8(2)6-9(3)17-14/h6-7H,5H2,1-4H3,(H,18,20). The maximum Gasteiger partial charge on any atom is 0.343 e. The molecule has 2 heterocycles. The van der Waals surface area contributed by atoms with E-state index in [2.05, 4.69) is 20.4 Å². The highest BCUT2D eigenvalue weighted by Crippen LogP contribution is 2.20. The summed E-state index contributed by atoms with van der Waals surface area (Å²) in [6.45, 7) is 6.92. The number of aryl methyl sites for hydroxylation is 2. The number of ether oxygens (including phenoxy) is 1. The molecule has 8 nitrogen and oxygen atoms in total. The normalized spacial score (nSPS) is 10.4. The van der Waals surface area contributed by atoms with Crippen LogP contribution in [-0.4, -0.2) is 38.2 Å². The highest BCUT2D eigenvalue weighted by Gasteiger charge is 2.21. The maximum absolute atomic E-state index is 12.0. The lowest BCUT2D eigenvalue weighted by atomic mass is 10.3. The van der Waals surface area contributed by atoms with Crippen LogP contribution in [0.15, 0.2) is 12.3 Å². The molecule has 0 saturated heterocycles. The van der Waals surface area contributed by atoms with Gasteiger partial charge in [-0.1, -0.05) is 0 Å². The predicted octanol–water partition coefficient (Wildman–Crippen LogP) is 1.41. The number of hydrogen-bond donors (Lipinski definition) is 1. The Morgan fingerprint density at radius 2 is 1.91 bits per heavy atom. The number of aromatic nitrogens is 4. The van der Waals surface area contributed by atoms with Crippen molar-refractivity contribution < 1.29 is 14.3 Å². The van der Waals surface area contributed by atoms with Gasteiger partial charge < -0.3 is 10.1 Å². The molecule has 0 aliphatic heterocycles. The molecule has 0 atom stereocenters. The third kappa shape index (κ3) is 3.27. The third-order valence-corrected chi connectivity index (χ3v) is 2.72. The van der Waals surface area contributed by atoms with Gasteiger partial charge in [0.2, 0.25) is 5.91 Å². The molecule has 0 bridgehead atoms. The summed E-state index contributed by atoms with van der Waals surface area (Å²) in [5.41, 5.74) is 1.66. The molecule has 1 N–H and O–H groups in total. The Morgan fingerprint density at radius 3 is 2.45 bits per heavy atom. The van der Waals surface area contributed by atoms with E-state index in [1.807, 2.05) is 19.9 Å². The quantitative estimate of drug-likeness (QED) is 0.857. The molecule has 116 valence electrons. The van der Waals surface area contributed by atoms with Crippen LogP contribution in [0.2, 0.25) is 0 Å². The summed E-state index contributed by atoms with van der Waals surface area (Å²) in [5.74, 6) is -0.439. The van der Waals surface area contributed by atoms with Crippen LogP contribution in [0, 0.1) is 13.8 Å². The van der Waals surface area contributed by atoms with Crippen LogP contribution < -0.4 is 5.32 Å². The molecule has 22 heavy (non-hydrogen) atoms. The van der Waals surface area contributed by atoms with Gasteiger partial charge in [0.1, 0.15) is 5.56 Å². The fourth-order valence-electron chi connectivity index (χ4n) is 1.95. The molecule has 0 aromatic carbocycles. The van der Waals surface area contributed by atoms with E-state index in [4.69, 9.17) is 4.74 Å². The number of nitrogens with one attached hydrogen (secondary N) is 1. The highest BCUT2D eigenvalue weighted by molar-refractivity contribution is 5.99. The molecule has 8 heteroatoms. The monoisotopic (exact) mass is 303 g/mol. The number of amides is 1. The van der Waals surface area contributed by atoms with Crippen LogP contribution in [0.25, 0.3) is 5.95 Å². The zero-order valence-corrected chi connectivity index (χ0v) is 12.9. The molecule has 0 saturated carbocycles. The molecule has 0 fully saturated rings. The molecular weight excluding hydrogens is 286 g/mol. The molecular formula is C14H17N5O3. The van der Waals surface area contributed by atoms with Gasteiger partial charge in [-0.15, -0.1) is 0 Å². The Bertz CT molecular complexity index is 703. The molecule has 0 radical (unpaired) electrons. The Kier molecular flexibility index (Phi) is 4.50. The second kappa shape index (κ2) is 6.33. The Morgan fingerprint density at radius 1 is 1.27 bits per heavy atom. The van der Waals surface area contributed by atoms with Gasteiger partial charge in [-0.2, -0.15) is 9.78 Å². The van der Waals surface area contributed by atoms with Gasteiger partial charge in [0, 0.05) is 18.3 Å². The fourth-order valence-corrected chi connectivity index (χ4v) is 1.95. The van der Waals surface area contributed by atoms with E-state index in [0.717, 1.165) is 11.4 Å². The van der Waals surface area contributed by atoms with Gasteiger partial charge >= 0.3 is 5.97 Å².